The lowest BCUT2D eigenvalue weighted by atomic mass is 9.67. The topological polar surface area (TPSA) is 9.86 Å². The van der Waals surface area contributed by atoms with E-state index >= 15 is 0 Å². The minimum Gasteiger partial charge on any atom is -0.309 e. The van der Waals surface area contributed by atoms with Crippen LogP contribution in [-0.4, -0.2) is 9.13 Å². The van der Waals surface area contributed by atoms with Crippen molar-refractivity contribution >= 4 is 54.4 Å². The van der Waals surface area contributed by atoms with Crippen molar-refractivity contribution in [2.24, 2.45) is 0 Å². The van der Waals surface area contributed by atoms with Gasteiger partial charge in [-0.2, -0.15) is 0 Å². The first kappa shape index (κ1) is 37.6. The van der Waals surface area contributed by atoms with Gasteiger partial charge in [0.1, 0.15) is 0 Å². The molecule has 0 radical (unpaired) electrons. The van der Waals surface area contributed by atoms with Gasteiger partial charge in [-0.25, -0.2) is 0 Å². The number of hydrogen-bond donors (Lipinski definition) is 0. The third-order valence-electron chi connectivity index (χ3n) is 14.5. The van der Waals surface area contributed by atoms with Crippen LogP contribution in [0.3, 0.4) is 0 Å². The number of fused-ring (bicyclic) bond motifs is 11. The van der Waals surface area contributed by atoms with Crippen LogP contribution in [0.5, 0.6) is 0 Å². The SMILES string of the molecule is c1ccc(-c2cccc(-n3c4ccccc4c4cc(-c5ccc6c(c5)c5ccc7c(c5n6-c5ccc6ccccc6c5)C(c5ccccc5)(c5ccccc5)c5ccccc5-7)ccc43)c2)cc1. The van der Waals surface area contributed by atoms with E-state index in [1.54, 1.807) is 0 Å². The minimum absolute atomic E-state index is 0.570. The highest BCUT2D eigenvalue weighted by Gasteiger charge is 2.48. The highest BCUT2D eigenvalue weighted by molar-refractivity contribution is 6.16. The van der Waals surface area contributed by atoms with Gasteiger partial charge >= 0.3 is 0 Å². The molecule has 11 aromatic carbocycles. The molecule has 0 bridgehead atoms. The summed E-state index contributed by atoms with van der Waals surface area (Å²) >= 11 is 0. The lowest BCUT2D eigenvalue weighted by molar-refractivity contribution is 0.772. The van der Waals surface area contributed by atoms with E-state index in [1.807, 2.05) is 0 Å². The second-order valence-electron chi connectivity index (χ2n) is 18.0. The van der Waals surface area contributed by atoms with E-state index in [0.717, 1.165) is 11.4 Å². The van der Waals surface area contributed by atoms with Crippen molar-refractivity contribution < 1.29 is 0 Å². The molecule has 0 saturated carbocycles. The van der Waals surface area contributed by atoms with Gasteiger partial charge in [-0.05, 0) is 115 Å². The Morgan fingerprint density at radius 1 is 0.284 bits per heavy atom. The fourth-order valence-corrected chi connectivity index (χ4v) is 11.7. The Bertz CT molecular complexity index is 4040. The molecule has 67 heavy (non-hydrogen) atoms. The van der Waals surface area contributed by atoms with E-state index in [-0.39, 0.29) is 0 Å². The summed E-state index contributed by atoms with van der Waals surface area (Å²) in [5.74, 6) is 0. The van der Waals surface area contributed by atoms with E-state index in [9.17, 15) is 0 Å². The van der Waals surface area contributed by atoms with Crippen molar-refractivity contribution in [2.45, 2.75) is 5.41 Å². The molecular weight excluding hydrogens is 809 g/mol. The van der Waals surface area contributed by atoms with Crippen LogP contribution >= 0.6 is 0 Å². The summed E-state index contributed by atoms with van der Waals surface area (Å²) in [6.45, 7) is 0. The summed E-state index contributed by atoms with van der Waals surface area (Å²) in [6, 6.07) is 94.5. The van der Waals surface area contributed by atoms with E-state index in [1.165, 1.54) is 110 Å². The number of rotatable bonds is 6. The fraction of sp³-hybridized carbons (Fsp3) is 0.0154. The van der Waals surface area contributed by atoms with E-state index < -0.39 is 5.41 Å². The summed E-state index contributed by atoms with van der Waals surface area (Å²) in [5, 5.41) is 7.41. The summed E-state index contributed by atoms with van der Waals surface area (Å²) in [5.41, 5.74) is 19.0. The average molecular weight is 851 g/mol. The van der Waals surface area contributed by atoms with Gasteiger partial charge in [-0.3, -0.25) is 0 Å². The molecule has 1 aliphatic carbocycles. The second kappa shape index (κ2) is 14.7. The molecule has 0 unspecified atom stereocenters. The van der Waals surface area contributed by atoms with Gasteiger partial charge in [0, 0.05) is 38.5 Å². The standard InChI is InChI=1S/C65H42N2/c1-4-17-43(18-5-1)46-21-16-26-51(39-46)66-60-30-15-13-28-54(60)57-41-47(32-37-61(57)66)48-33-38-62-58(42-48)56-36-35-55-53-27-12-14-29-59(53)65(49-22-6-2-7-23-49,50-24-8-3-9-25-50)63(55)64(56)67(62)52-34-31-44-19-10-11-20-45(44)40-52/h1-42H. The maximum Gasteiger partial charge on any atom is 0.0734 e. The Morgan fingerprint density at radius 2 is 0.851 bits per heavy atom. The van der Waals surface area contributed by atoms with Crippen LogP contribution in [0.15, 0.2) is 255 Å². The van der Waals surface area contributed by atoms with Crippen molar-refractivity contribution in [2.75, 3.05) is 0 Å². The van der Waals surface area contributed by atoms with Gasteiger partial charge in [-0.15, -0.1) is 0 Å². The molecule has 2 heteroatoms. The first-order valence-corrected chi connectivity index (χ1v) is 23.3. The molecule has 0 amide bonds. The van der Waals surface area contributed by atoms with Gasteiger partial charge in [-0.1, -0.05) is 200 Å². The lowest BCUT2D eigenvalue weighted by Crippen LogP contribution is -2.29. The zero-order chi connectivity index (χ0) is 44.1. The molecule has 0 spiro atoms. The Morgan fingerprint density at radius 3 is 1.61 bits per heavy atom. The van der Waals surface area contributed by atoms with Crippen molar-refractivity contribution in [3.63, 3.8) is 0 Å². The van der Waals surface area contributed by atoms with Gasteiger partial charge in [0.2, 0.25) is 0 Å². The van der Waals surface area contributed by atoms with Gasteiger partial charge in [0.25, 0.3) is 0 Å². The maximum atomic E-state index is 2.56. The maximum absolute atomic E-state index is 2.56. The Hall–Kier alpha value is -8.72. The molecule has 2 nitrogen and oxygen atoms in total. The fourth-order valence-electron chi connectivity index (χ4n) is 11.7. The summed E-state index contributed by atoms with van der Waals surface area (Å²) < 4.78 is 4.98. The van der Waals surface area contributed by atoms with Crippen LogP contribution in [-0.2, 0) is 5.41 Å². The third-order valence-corrected chi connectivity index (χ3v) is 14.5. The van der Waals surface area contributed by atoms with E-state index in [0.29, 0.717) is 0 Å². The van der Waals surface area contributed by atoms with Crippen molar-refractivity contribution in [1.82, 2.24) is 9.13 Å². The molecular formula is C65H42N2. The van der Waals surface area contributed by atoms with Crippen LogP contribution in [0.25, 0.3) is 99.1 Å². The van der Waals surface area contributed by atoms with Crippen LogP contribution in [0, 0.1) is 0 Å². The third kappa shape index (κ3) is 5.51. The zero-order valence-corrected chi connectivity index (χ0v) is 36.6. The summed E-state index contributed by atoms with van der Waals surface area (Å²) in [7, 11) is 0. The largest absolute Gasteiger partial charge is 0.309 e. The number of nitrogens with zero attached hydrogens (tertiary/aromatic N) is 2. The Balaban J connectivity index is 1.04. The molecule has 2 heterocycles. The normalized spacial score (nSPS) is 12.9. The highest BCUT2D eigenvalue weighted by Crippen LogP contribution is 2.59. The van der Waals surface area contributed by atoms with Crippen molar-refractivity contribution in [3.8, 4) is 44.8 Å². The highest BCUT2D eigenvalue weighted by atomic mass is 15.0. The predicted molar refractivity (Wildman–Crippen MR) is 281 cm³/mol. The van der Waals surface area contributed by atoms with E-state index in [2.05, 4.69) is 264 Å². The molecule has 0 atom stereocenters. The number of hydrogen-bond acceptors (Lipinski definition) is 0. The number of aromatic nitrogens is 2. The molecule has 13 aromatic rings. The summed E-state index contributed by atoms with van der Waals surface area (Å²) in [6.07, 6.45) is 0. The Labute approximate surface area is 388 Å². The van der Waals surface area contributed by atoms with Crippen LogP contribution in [0.1, 0.15) is 22.3 Å². The lowest BCUT2D eigenvalue weighted by Gasteiger charge is -2.34. The monoisotopic (exact) mass is 850 g/mol. The number of benzene rings is 11. The average Bonchev–Trinajstić information content (AvgIpc) is 4.03. The molecule has 0 saturated heterocycles. The first-order chi connectivity index (χ1) is 33.2. The minimum atomic E-state index is -0.570. The van der Waals surface area contributed by atoms with Gasteiger partial charge < -0.3 is 9.13 Å². The van der Waals surface area contributed by atoms with Gasteiger partial charge in [0.15, 0.2) is 0 Å². The first-order valence-electron chi connectivity index (χ1n) is 23.3. The second-order valence-corrected chi connectivity index (χ2v) is 18.0. The molecule has 0 aliphatic heterocycles. The zero-order valence-electron chi connectivity index (χ0n) is 36.6. The van der Waals surface area contributed by atoms with Crippen molar-refractivity contribution in [3.05, 3.63) is 277 Å². The van der Waals surface area contributed by atoms with Crippen LogP contribution in [0.2, 0.25) is 0 Å². The molecule has 1 aliphatic rings. The number of para-hydroxylation sites is 1. The van der Waals surface area contributed by atoms with Crippen LogP contribution < -0.4 is 0 Å². The quantitative estimate of drug-likeness (QED) is 0.158. The van der Waals surface area contributed by atoms with Crippen LogP contribution in [0.4, 0.5) is 0 Å². The molecule has 0 fully saturated rings. The molecule has 14 rings (SSSR count). The van der Waals surface area contributed by atoms with E-state index in [4.69, 9.17) is 0 Å². The van der Waals surface area contributed by atoms with Crippen molar-refractivity contribution in [1.29, 1.82) is 0 Å². The predicted octanol–water partition coefficient (Wildman–Crippen LogP) is 16.7. The smallest absolute Gasteiger partial charge is 0.0734 e. The molecule has 2 aromatic heterocycles. The molecule has 0 N–H and O–H groups in total. The Kier molecular flexibility index (Phi) is 8.23. The summed E-state index contributed by atoms with van der Waals surface area (Å²) in [4.78, 5) is 0. The molecule has 312 valence electrons. The van der Waals surface area contributed by atoms with Gasteiger partial charge in [0.05, 0.1) is 27.5 Å².